The Balaban J connectivity index is 1.49. The standard InChI is InChI=1S/C19H16F2N8S/c20-15(21)12-3-1-11(2-4-12)13-10-29-8-7-25-18(29)17(27-13)24-5-6-26-19-28-16(23)14(9-22)30-19/h1-4,7-8,10,15H,5-6,23H2,(H,24,27)(H,26,28). The molecule has 3 aromatic heterocycles. The highest BCUT2D eigenvalue weighted by Crippen LogP contribution is 2.26. The van der Waals surface area contributed by atoms with E-state index in [1.807, 2.05) is 10.5 Å². The highest BCUT2D eigenvalue weighted by atomic mass is 32.1. The van der Waals surface area contributed by atoms with Crippen LogP contribution in [0.5, 0.6) is 0 Å². The van der Waals surface area contributed by atoms with Crippen LogP contribution in [0, 0.1) is 11.3 Å². The second kappa shape index (κ2) is 8.30. The molecule has 8 nitrogen and oxygen atoms in total. The lowest BCUT2D eigenvalue weighted by Crippen LogP contribution is -2.15. The monoisotopic (exact) mass is 426 g/mol. The van der Waals surface area contributed by atoms with E-state index in [0.29, 0.717) is 40.3 Å². The maximum absolute atomic E-state index is 12.8. The number of nitrogens with one attached hydrogen (secondary N) is 2. The first-order chi connectivity index (χ1) is 14.5. The fourth-order valence-electron chi connectivity index (χ4n) is 2.83. The maximum Gasteiger partial charge on any atom is 0.263 e. The van der Waals surface area contributed by atoms with Gasteiger partial charge in [0.2, 0.25) is 0 Å². The van der Waals surface area contributed by atoms with Crippen LogP contribution >= 0.6 is 11.3 Å². The number of fused-ring (bicyclic) bond motifs is 1. The minimum atomic E-state index is -2.51. The molecule has 0 aliphatic carbocycles. The van der Waals surface area contributed by atoms with Crippen molar-refractivity contribution in [2.24, 2.45) is 0 Å². The highest BCUT2D eigenvalue weighted by molar-refractivity contribution is 7.16. The van der Waals surface area contributed by atoms with Crippen LogP contribution in [0.25, 0.3) is 16.9 Å². The van der Waals surface area contributed by atoms with Crippen LogP contribution < -0.4 is 16.4 Å². The zero-order valence-electron chi connectivity index (χ0n) is 15.5. The van der Waals surface area contributed by atoms with Crippen molar-refractivity contribution in [2.45, 2.75) is 6.43 Å². The van der Waals surface area contributed by atoms with Crippen molar-refractivity contribution in [1.82, 2.24) is 19.4 Å². The van der Waals surface area contributed by atoms with Crippen LogP contribution in [-0.2, 0) is 0 Å². The number of nitrogens with zero attached hydrogens (tertiary/aromatic N) is 5. The van der Waals surface area contributed by atoms with Gasteiger partial charge in [0.15, 0.2) is 22.4 Å². The van der Waals surface area contributed by atoms with Crippen LogP contribution in [0.2, 0.25) is 0 Å². The predicted molar refractivity (Wildman–Crippen MR) is 112 cm³/mol. The third-order valence-electron chi connectivity index (χ3n) is 4.28. The topological polar surface area (TPSA) is 117 Å². The number of imidazole rings is 1. The van der Waals surface area contributed by atoms with E-state index >= 15 is 0 Å². The summed E-state index contributed by atoms with van der Waals surface area (Å²) in [4.78, 5) is 13.4. The highest BCUT2D eigenvalue weighted by Gasteiger charge is 2.11. The van der Waals surface area contributed by atoms with Gasteiger partial charge in [-0.2, -0.15) is 5.26 Å². The first-order valence-corrected chi connectivity index (χ1v) is 9.73. The number of nitrogen functional groups attached to an aromatic ring is 1. The lowest BCUT2D eigenvalue weighted by Gasteiger charge is -2.10. The predicted octanol–water partition coefficient (Wildman–Crippen LogP) is 3.77. The second-order valence-electron chi connectivity index (χ2n) is 6.25. The summed E-state index contributed by atoms with van der Waals surface area (Å²) in [6.07, 6.45) is 2.74. The Morgan fingerprint density at radius 3 is 2.63 bits per heavy atom. The van der Waals surface area contributed by atoms with E-state index in [4.69, 9.17) is 11.0 Å². The minimum Gasteiger partial charge on any atom is -0.382 e. The minimum absolute atomic E-state index is 0.0331. The van der Waals surface area contributed by atoms with Crippen molar-refractivity contribution in [3.05, 3.63) is 53.3 Å². The summed E-state index contributed by atoms with van der Waals surface area (Å²) < 4.78 is 27.4. The molecule has 0 amide bonds. The molecule has 0 aliphatic heterocycles. The third kappa shape index (κ3) is 3.99. The number of nitriles is 1. The van der Waals surface area contributed by atoms with E-state index in [1.165, 1.54) is 23.5 Å². The Morgan fingerprint density at radius 2 is 1.93 bits per heavy atom. The van der Waals surface area contributed by atoms with Gasteiger partial charge >= 0.3 is 0 Å². The summed E-state index contributed by atoms with van der Waals surface area (Å²) in [5.41, 5.74) is 7.62. The largest absolute Gasteiger partial charge is 0.382 e. The number of aromatic nitrogens is 4. The lowest BCUT2D eigenvalue weighted by atomic mass is 10.1. The molecule has 30 heavy (non-hydrogen) atoms. The van der Waals surface area contributed by atoms with E-state index in [0.717, 1.165) is 5.56 Å². The van der Waals surface area contributed by atoms with Crippen molar-refractivity contribution in [2.75, 3.05) is 29.5 Å². The fraction of sp³-hybridized carbons (Fsp3) is 0.158. The van der Waals surface area contributed by atoms with Gasteiger partial charge in [0.25, 0.3) is 6.43 Å². The van der Waals surface area contributed by atoms with Crippen molar-refractivity contribution in [1.29, 1.82) is 5.26 Å². The number of halogens is 2. The van der Waals surface area contributed by atoms with Gasteiger partial charge in [-0.3, -0.25) is 0 Å². The molecule has 3 heterocycles. The van der Waals surface area contributed by atoms with Crippen molar-refractivity contribution < 1.29 is 8.78 Å². The maximum atomic E-state index is 12.8. The number of thiazole rings is 1. The first kappa shape index (κ1) is 19.5. The molecule has 0 unspecified atom stereocenters. The van der Waals surface area contributed by atoms with E-state index in [-0.39, 0.29) is 11.4 Å². The summed E-state index contributed by atoms with van der Waals surface area (Å²) in [7, 11) is 0. The van der Waals surface area contributed by atoms with Crippen LogP contribution in [0.3, 0.4) is 0 Å². The second-order valence-corrected chi connectivity index (χ2v) is 7.25. The van der Waals surface area contributed by atoms with Crippen molar-refractivity contribution in [3.8, 4) is 17.3 Å². The van der Waals surface area contributed by atoms with Gasteiger partial charge in [0, 0.05) is 42.8 Å². The Kier molecular flexibility index (Phi) is 5.40. The fourth-order valence-corrected chi connectivity index (χ4v) is 3.53. The Hall–Kier alpha value is -3.78. The number of hydrogen-bond acceptors (Lipinski definition) is 8. The SMILES string of the molecule is N#Cc1sc(NCCNc2nc(-c3ccc(C(F)F)cc3)cn3ccnc23)nc1N. The molecular formula is C19H16F2N8S. The van der Waals surface area contributed by atoms with Crippen LogP contribution in [0.1, 0.15) is 16.9 Å². The number of anilines is 3. The molecule has 0 saturated heterocycles. The molecule has 0 saturated carbocycles. The molecule has 0 spiro atoms. The summed E-state index contributed by atoms with van der Waals surface area (Å²) in [5, 5.41) is 15.8. The summed E-state index contributed by atoms with van der Waals surface area (Å²) >= 11 is 1.19. The quantitative estimate of drug-likeness (QED) is 0.385. The van der Waals surface area contributed by atoms with E-state index in [1.54, 1.807) is 30.7 Å². The van der Waals surface area contributed by atoms with E-state index in [2.05, 4.69) is 25.6 Å². The van der Waals surface area contributed by atoms with Gasteiger partial charge in [0.1, 0.15) is 10.9 Å². The number of alkyl halides is 2. The number of rotatable bonds is 7. The molecule has 4 N–H and O–H groups in total. The molecule has 1 aromatic carbocycles. The van der Waals surface area contributed by atoms with Gasteiger partial charge in [0.05, 0.1) is 5.69 Å². The first-order valence-electron chi connectivity index (χ1n) is 8.91. The van der Waals surface area contributed by atoms with Crippen molar-refractivity contribution >= 4 is 33.8 Å². The summed E-state index contributed by atoms with van der Waals surface area (Å²) in [5.74, 6) is 0.776. The Bertz CT molecular complexity index is 1210. The molecule has 0 radical (unpaired) electrons. The van der Waals surface area contributed by atoms with E-state index in [9.17, 15) is 8.78 Å². The van der Waals surface area contributed by atoms with Crippen LogP contribution in [0.4, 0.5) is 25.5 Å². The summed E-state index contributed by atoms with van der Waals surface area (Å²) in [6.45, 7) is 1.02. The van der Waals surface area contributed by atoms with Crippen LogP contribution in [0.15, 0.2) is 42.9 Å². The lowest BCUT2D eigenvalue weighted by molar-refractivity contribution is 0.151. The molecule has 4 aromatic rings. The normalized spacial score (nSPS) is 11.0. The van der Waals surface area contributed by atoms with Gasteiger partial charge < -0.3 is 20.8 Å². The average molecular weight is 426 g/mol. The average Bonchev–Trinajstić information content (AvgIpc) is 3.37. The number of hydrogen-bond donors (Lipinski definition) is 3. The Labute approximate surface area is 174 Å². The molecule has 0 fully saturated rings. The molecular weight excluding hydrogens is 410 g/mol. The van der Waals surface area contributed by atoms with Gasteiger partial charge in [-0.05, 0) is 0 Å². The van der Waals surface area contributed by atoms with E-state index < -0.39 is 6.43 Å². The summed E-state index contributed by atoms with van der Waals surface area (Å²) in [6, 6.07) is 8.03. The van der Waals surface area contributed by atoms with Gasteiger partial charge in [-0.25, -0.2) is 23.7 Å². The van der Waals surface area contributed by atoms with Gasteiger partial charge in [-0.1, -0.05) is 35.6 Å². The zero-order valence-corrected chi connectivity index (χ0v) is 16.3. The van der Waals surface area contributed by atoms with Crippen LogP contribution in [-0.4, -0.2) is 32.4 Å². The zero-order chi connectivity index (χ0) is 21.1. The van der Waals surface area contributed by atoms with Gasteiger partial charge in [-0.15, -0.1) is 0 Å². The molecule has 0 bridgehead atoms. The molecule has 0 atom stereocenters. The number of nitrogens with two attached hydrogens (primary N) is 1. The molecule has 11 heteroatoms. The number of benzene rings is 1. The molecule has 0 aliphatic rings. The molecule has 4 rings (SSSR count). The third-order valence-corrected chi connectivity index (χ3v) is 5.21. The van der Waals surface area contributed by atoms with Crippen molar-refractivity contribution in [3.63, 3.8) is 0 Å². The smallest absolute Gasteiger partial charge is 0.263 e. The molecule has 152 valence electrons. The Morgan fingerprint density at radius 1 is 1.17 bits per heavy atom.